The number of nitrogens with one attached hydrogen (secondary N) is 2. The predicted octanol–water partition coefficient (Wildman–Crippen LogP) is 3.21. The van der Waals surface area contributed by atoms with Crippen LogP contribution in [-0.2, 0) is 0 Å². The second-order valence-electron chi connectivity index (χ2n) is 4.68. The fourth-order valence-electron chi connectivity index (χ4n) is 1.43. The molecule has 1 aromatic carbocycles. The van der Waals surface area contributed by atoms with Crippen LogP contribution in [-0.4, -0.2) is 16.3 Å². The number of rotatable bonds is 3. The Kier molecular flexibility index (Phi) is 4.75. The second kappa shape index (κ2) is 5.87. The van der Waals surface area contributed by atoms with Crippen LogP contribution in [0.15, 0.2) is 18.2 Å². The molecule has 0 fully saturated rings. The Bertz CT molecular complexity index is 402. The van der Waals surface area contributed by atoms with Gasteiger partial charge in [-0.2, -0.15) is 0 Å². The molecule has 1 rings (SSSR count). The fourth-order valence-corrected chi connectivity index (χ4v) is 1.78. The van der Waals surface area contributed by atoms with Gasteiger partial charge in [0.25, 0.3) is 0 Å². The van der Waals surface area contributed by atoms with Crippen molar-refractivity contribution in [2.24, 2.45) is 0 Å². The normalized spacial score (nSPS) is 10.7. The van der Waals surface area contributed by atoms with Crippen molar-refractivity contribution in [3.63, 3.8) is 0 Å². The van der Waals surface area contributed by atoms with Gasteiger partial charge < -0.3 is 15.7 Å². The lowest BCUT2D eigenvalue weighted by Crippen LogP contribution is -2.33. The summed E-state index contributed by atoms with van der Waals surface area (Å²) in [4.78, 5) is 0. The van der Waals surface area contributed by atoms with E-state index >= 15 is 0 Å². The SMILES string of the molecule is CC(C)NC(=S)Nc1ccc(C(C)C)cc1O. The summed E-state index contributed by atoms with van der Waals surface area (Å²) in [6.45, 7) is 8.20. The van der Waals surface area contributed by atoms with Crippen LogP contribution >= 0.6 is 12.2 Å². The number of anilines is 1. The molecule has 0 saturated heterocycles. The Labute approximate surface area is 108 Å². The summed E-state index contributed by atoms with van der Waals surface area (Å²) in [5, 5.41) is 16.4. The molecule has 0 aromatic heterocycles. The first-order chi connectivity index (χ1) is 7.90. The zero-order chi connectivity index (χ0) is 13.0. The van der Waals surface area contributed by atoms with E-state index in [1.165, 1.54) is 0 Å². The molecule has 1 aromatic rings. The van der Waals surface area contributed by atoms with Gasteiger partial charge in [0.15, 0.2) is 5.11 Å². The van der Waals surface area contributed by atoms with Gasteiger partial charge in [0.2, 0.25) is 0 Å². The van der Waals surface area contributed by atoms with Crippen molar-refractivity contribution in [2.45, 2.75) is 39.7 Å². The van der Waals surface area contributed by atoms with Crippen molar-refractivity contribution < 1.29 is 5.11 Å². The number of aromatic hydroxyl groups is 1. The van der Waals surface area contributed by atoms with Crippen LogP contribution in [0, 0.1) is 0 Å². The molecule has 3 N–H and O–H groups in total. The number of phenolic OH excluding ortho intramolecular Hbond substituents is 1. The van der Waals surface area contributed by atoms with E-state index in [0.29, 0.717) is 16.7 Å². The Balaban J connectivity index is 2.76. The van der Waals surface area contributed by atoms with Crippen LogP contribution in [0.3, 0.4) is 0 Å². The molecule has 0 bridgehead atoms. The van der Waals surface area contributed by atoms with Gasteiger partial charge in [-0.1, -0.05) is 19.9 Å². The van der Waals surface area contributed by atoms with Crippen molar-refractivity contribution in [1.82, 2.24) is 5.32 Å². The number of thiocarbonyl (C=S) groups is 1. The fraction of sp³-hybridized carbons (Fsp3) is 0.462. The minimum absolute atomic E-state index is 0.226. The first-order valence-electron chi connectivity index (χ1n) is 5.80. The van der Waals surface area contributed by atoms with Crippen LogP contribution in [0.2, 0.25) is 0 Å². The summed E-state index contributed by atoms with van der Waals surface area (Å²) in [7, 11) is 0. The molecule has 0 unspecified atom stereocenters. The molecule has 4 heteroatoms. The number of hydrogen-bond donors (Lipinski definition) is 3. The average Bonchev–Trinajstić information content (AvgIpc) is 2.19. The lowest BCUT2D eigenvalue weighted by Gasteiger charge is -2.15. The van der Waals surface area contributed by atoms with E-state index in [9.17, 15) is 5.11 Å². The number of hydrogen-bond acceptors (Lipinski definition) is 2. The standard InChI is InChI=1S/C13H20N2OS/c1-8(2)10-5-6-11(12(16)7-10)15-13(17)14-9(3)4/h5-9,16H,1-4H3,(H2,14,15,17). The maximum absolute atomic E-state index is 9.87. The lowest BCUT2D eigenvalue weighted by atomic mass is 10.0. The van der Waals surface area contributed by atoms with E-state index in [1.807, 2.05) is 26.0 Å². The monoisotopic (exact) mass is 252 g/mol. The summed E-state index contributed by atoms with van der Waals surface area (Å²) in [6, 6.07) is 5.88. The number of phenols is 1. The second-order valence-corrected chi connectivity index (χ2v) is 5.09. The highest BCUT2D eigenvalue weighted by Crippen LogP contribution is 2.27. The van der Waals surface area contributed by atoms with E-state index in [-0.39, 0.29) is 11.8 Å². The van der Waals surface area contributed by atoms with Gasteiger partial charge in [0.1, 0.15) is 5.75 Å². The summed E-state index contributed by atoms with van der Waals surface area (Å²) in [6.07, 6.45) is 0. The quantitative estimate of drug-likeness (QED) is 0.571. The van der Waals surface area contributed by atoms with Gasteiger partial charge >= 0.3 is 0 Å². The third kappa shape index (κ3) is 4.23. The first kappa shape index (κ1) is 13.8. The zero-order valence-corrected chi connectivity index (χ0v) is 11.6. The van der Waals surface area contributed by atoms with Crippen LogP contribution in [0.25, 0.3) is 0 Å². The Morgan fingerprint density at radius 3 is 2.35 bits per heavy atom. The van der Waals surface area contributed by atoms with Crippen molar-refractivity contribution in [3.05, 3.63) is 23.8 Å². The molecular formula is C13H20N2OS. The number of benzene rings is 1. The highest BCUT2D eigenvalue weighted by Gasteiger charge is 2.07. The molecule has 17 heavy (non-hydrogen) atoms. The van der Waals surface area contributed by atoms with Gasteiger partial charge in [-0.15, -0.1) is 0 Å². The average molecular weight is 252 g/mol. The summed E-state index contributed by atoms with van der Waals surface area (Å²) >= 11 is 5.12. The van der Waals surface area contributed by atoms with Crippen molar-refractivity contribution in [3.8, 4) is 5.75 Å². The van der Waals surface area contributed by atoms with Gasteiger partial charge in [-0.3, -0.25) is 0 Å². The van der Waals surface area contributed by atoms with Gasteiger partial charge in [0.05, 0.1) is 5.69 Å². The molecule has 0 aliphatic carbocycles. The molecule has 0 aliphatic rings. The third-order valence-corrected chi connectivity index (χ3v) is 2.58. The molecule has 0 saturated carbocycles. The Hall–Kier alpha value is -1.29. The smallest absolute Gasteiger partial charge is 0.171 e. The topological polar surface area (TPSA) is 44.3 Å². The minimum atomic E-state index is 0.226. The van der Waals surface area contributed by atoms with E-state index in [2.05, 4.69) is 24.5 Å². The minimum Gasteiger partial charge on any atom is -0.506 e. The molecular weight excluding hydrogens is 232 g/mol. The van der Waals surface area contributed by atoms with Crippen molar-refractivity contribution >= 4 is 23.0 Å². The molecule has 94 valence electrons. The van der Waals surface area contributed by atoms with Gasteiger partial charge in [0, 0.05) is 6.04 Å². The Morgan fingerprint density at radius 1 is 1.24 bits per heavy atom. The van der Waals surface area contributed by atoms with E-state index in [4.69, 9.17) is 12.2 Å². The first-order valence-corrected chi connectivity index (χ1v) is 6.21. The molecule has 0 radical (unpaired) electrons. The molecule has 0 aliphatic heterocycles. The largest absolute Gasteiger partial charge is 0.506 e. The van der Waals surface area contributed by atoms with E-state index < -0.39 is 0 Å². The third-order valence-electron chi connectivity index (χ3n) is 2.36. The van der Waals surface area contributed by atoms with Crippen LogP contribution in [0.1, 0.15) is 39.2 Å². The summed E-state index contributed by atoms with van der Waals surface area (Å²) in [5.74, 6) is 0.625. The van der Waals surface area contributed by atoms with Crippen LogP contribution in [0.4, 0.5) is 5.69 Å². The molecule has 0 amide bonds. The van der Waals surface area contributed by atoms with Crippen LogP contribution in [0.5, 0.6) is 5.75 Å². The maximum atomic E-state index is 9.87. The van der Waals surface area contributed by atoms with Gasteiger partial charge in [-0.25, -0.2) is 0 Å². The van der Waals surface area contributed by atoms with Crippen molar-refractivity contribution in [2.75, 3.05) is 5.32 Å². The Morgan fingerprint density at radius 2 is 1.88 bits per heavy atom. The van der Waals surface area contributed by atoms with E-state index in [1.54, 1.807) is 6.07 Å². The zero-order valence-electron chi connectivity index (χ0n) is 10.7. The maximum Gasteiger partial charge on any atom is 0.171 e. The summed E-state index contributed by atoms with van der Waals surface area (Å²) in [5.41, 5.74) is 1.74. The molecule has 3 nitrogen and oxygen atoms in total. The predicted molar refractivity (Wildman–Crippen MR) is 76.7 cm³/mol. The van der Waals surface area contributed by atoms with Crippen LogP contribution < -0.4 is 10.6 Å². The molecule has 0 spiro atoms. The molecule has 0 atom stereocenters. The summed E-state index contributed by atoms with van der Waals surface area (Å²) < 4.78 is 0. The van der Waals surface area contributed by atoms with Gasteiger partial charge in [-0.05, 0) is 49.7 Å². The van der Waals surface area contributed by atoms with Crippen molar-refractivity contribution in [1.29, 1.82) is 0 Å². The highest BCUT2D eigenvalue weighted by molar-refractivity contribution is 7.80. The lowest BCUT2D eigenvalue weighted by molar-refractivity contribution is 0.476. The molecule has 0 heterocycles. The highest BCUT2D eigenvalue weighted by atomic mass is 32.1. The van der Waals surface area contributed by atoms with E-state index in [0.717, 1.165) is 5.56 Å².